The van der Waals surface area contributed by atoms with Crippen LogP contribution in [0.25, 0.3) is 0 Å². The molecule has 1 unspecified atom stereocenters. The van der Waals surface area contributed by atoms with Crippen molar-refractivity contribution in [1.82, 2.24) is 4.90 Å². The number of hydrogen-bond donors (Lipinski definition) is 2. The molecule has 0 aliphatic carbocycles. The number of likely N-dealkylation sites (N-methyl/N-ethyl adjacent to an activating group) is 1. The number of aliphatic imine (C=N–C) groups is 1. The van der Waals surface area contributed by atoms with Gasteiger partial charge in [-0.05, 0) is 46.8 Å². The molecule has 0 fully saturated rings. The Balaban J connectivity index is 1.75. The van der Waals surface area contributed by atoms with Crippen molar-refractivity contribution in [2.75, 3.05) is 12.4 Å². The third kappa shape index (κ3) is 3.80. The smallest absolute Gasteiger partial charge is 0.387 e. The molecule has 0 saturated carbocycles. The Labute approximate surface area is 186 Å². The highest BCUT2D eigenvalue weighted by molar-refractivity contribution is 7.12. The molecule has 3 N–H and O–H groups in total. The van der Waals surface area contributed by atoms with Crippen molar-refractivity contribution in [2.24, 2.45) is 10.7 Å². The van der Waals surface area contributed by atoms with Gasteiger partial charge < -0.3 is 15.8 Å². The van der Waals surface area contributed by atoms with E-state index in [0.717, 1.165) is 0 Å². The maximum Gasteiger partial charge on any atom is 0.387 e. The van der Waals surface area contributed by atoms with E-state index in [9.17, 15) is 18.4 Å². The van der Waals surface area contributed by atoms with E-state index in [2.05, 4.69) is 15.0 Å². The lowest BCUT2D eigenvalue weighted by Crippen LogP contribution is -2.41. The maximum atomic E-state index is 13.3. The number of anilines is 1. The Morgan fingerprint density at radius 2 is 1.91 bits per heavy atom. The largest absolute Gasteiger partial charge is 0.435 e. The summed E-state index contributed by atoms with van der Waals surface area (Å²) in [5.74, 6) is -0.737. The summed E-state index contributed by atoms with van der Waals surface area (Å²) in [6.45, 7) is -2.97. The van der Waals surface area contributed by atoms with Gasteiger partial charge in [0, 0.05) is 12.7 Å². The van der Waals surface area contributed by atoms with Gasteiger partial charge in [0.05, 0.1) is 4.88 Å². The van der Waals surface area contributed by atoms with Gasteiger partial charge in [0.1, 0.15) is 5.75 Å². The number of carbonyl (C=O) groups excluding carboxylic acids is 2. The van der Waals surface area contributed by atoms with Crippen LogP contribution in [-0.4, -0.2) is 36.3 Å². The van der Waals surface area contributed by atoms with Crippen molar-refractivity contribution in [3.05, 3.63) is 82.0 Å². The first-order valence-corrected chi connectivity index (χ1v) is 10.3. The lowest BCUT2D eigenvalue weighted by Gasteiger charge is -2.26. The highest BCUT2D eigenvalue weighted by atomic mass is 32.1. The van der Waals surface area contributed by atoms with E-state index in [1.165, 1.54) is 47.5 Å². The van der Waals surface area contributed by atoms with Crippen LogP contribution in [0.2, 0.25) is 0 Å². The Hall–Kier alpha value is -3.79. The zero-order valence-corrected chi connectivity index (χ0v) is 17.6. The fourth-order valence-corrected chi connectivity index (χ4v) is 4.10. The average Bonchev–Trinajstić information content (AvgIpc) is 3.38. The molecule has 0 spiro atoms. The molecule has 2 amide bonds. The fourth-order valence-electron chi connectivity index (χ4n) is 3.48. The van der Waals surface area contributed by atoms with Crippen LogP contribution in [0.15, 0.2) is 71.0 Å². The van der Waals surface area contributed by atoms with Gasteiger partial charge in [0.25, 0.3) is 11.8 Å². The summed E-state index contributed by atoms with van der Waals surface area (Å²) in [4.78, 5) is 32.0. The van der Waals surface area contributed by atoms with Gasteiger partial charge in [-0.25, -0.2) is 4.99 Å². The van der Waals surface area contributed by atoms with Crippen LogP contribution < -0.4 is 15.8 Å². The molecule has 0 bridgehead atoms. The standard InChI is InChI=1S/C22H18F2N4O3S/c1-28-19(30)22(27-21(28)25,13-7-9-16(10-8-13)31-20(23)24)14-4-2-5-15(12-14)26-18(29)17-6-3-11-32-17/h2-12,20H,1H3,(H2,25,27)(H,26,29). The third-order valence-corrected chi connectivity index (χ3v) is 5.89. The molecule has 32 heavy (non-hydrogen) atoms. The predicted molar refractivity (Wildman–Crippen MR) is 117 cm³/mol. The van der Waals surface area contributed by atoms with Gasteiger partial charge in [-0.2, -0.15) is 8.78 Å². The summed E-state index contributed by atoms with van der Waals surface area (Å²) in [5, 5.41) is 4.61. The van der Waals surface area contributed by atoms with Gasteiger partial charge in [-0.3, -0.25) is 14.5 Å². The molecule has 0 saturated heterocycles. The minimum absolute atomic E-state index is 0.0101. The Kier molecular flexibility index (Phi) is 5.62. The summed E-state index contributed by atoms with van der Waals surface area (Å²) in [7, 11) is 1.50. The molecule has 10 heteroatoms. The van der Waals surface area contributed by atoms with E-state index in [4.69, 9.17) is 5.73 Å². The molecule has 164 valence electrons. The van der Waals surface area contributed by atoms with Gasteiger partial charge in [-0.1, -0.05) is 30.3 Å². The number of guanidine groups is 1. The normalized spacial score (nSPS) is 18.1. The Bertz CT molecular complexity index is 1180. The summed E-state index contributed by atoms with van der Waals surface area (Å²) in [6.07, 6.45) is 0. The van der Waals surface area contributed by atoms with E-state index in [1.807, 2.05) is 0 Å². The molecule has 2 aromatic carbocycles. The number of amides is 2. The number of benzene rings is 2. The molecule has 1 aliphatic rings. The molecule has 1 aliphatic heterocycles. The van der Waals surface area contributed by atoms with Crippen LogP contribution in [0.3, 0.4) is 0 Å². The SMILES string of the molecule is CN1C(=O)C(c2ccc(OC(F)F)cc2)(c2cccc(NC(=O)c3cccs3)c2)N=C1N. The molecule has 1 atom stereocenters. The Morgan fingerprint density at radius 1 is 1.16 bits per heavy atom. The first kappa shape index (κ1) is 21.4. The minimum Gasteiger partial charge on any atom is -0.435 e. The maximum absolute atomic E-state index is 13.3. The number of nitrogens with one attached hydrogen (secondary N) is 1. The molecule has 1 aromatic heterocycles. The van der Waals surface area contributed by atoms with Gasteiger partial charge in [0.15, 0.2) is 11.5 Å². The van der Waals surface area contributed by atoms with Crippen LogP contribution in [0.1, 0.15) is 20.8 Å². The van der Waals surface area contributed by atoms with E-state index >= 15 is 0 Å². The number of rotatable bonds is 6. The van der Waals surface area contributed by atoms with Crippen molar-refractivity contribution in [3.63, 3.8) is 0 Å². The monoisotopic (exact) mass is 456 g/mol. The number of nitrogens with zero attached hydrogens (tertiary/aromatic N) is 2. The summed E-state index contributed by atoms with van der Waals surface area (Å²) >= 11 is 1.31. The second kappa shape index (κ2) is 8.39. The van der Waals surface area contributed by atoms with Crippen LogP contribution in [0, 0.1) is 0 Å². The zero-order chi connectivity index (χ0) is 22.9. The molecule has 7 nitrogen and oxygen atoms in total. The highest BCUT2D eigenvalue weighted by Gasteiger charge is 2.49. The number of ether oxygens (including phenoxy) is 1. The Morgan fingerprint density at radius 3 is 2.50 bits per heavy atom. The number of thiophene rings is 1. The highest BCUT2D eigenvalue weighted by Crippen LogP contribution is 2.40. The van der Waals surface area contributed by atoms with E-state index in [0.29, 0.717) is 21.7 Å². The molecular weight excluding hydrogens is 438 g/mol. The van der Waals surface area contributed by atoms with Gasteiger partial charge in [-0.15, -0.1) is 11.3 Å². The van der Waals surface area contributed by atoms with Gasteiger partial charge in [0.2, 0.25) is 0 Å². The van der Waals surface area contributed by atoms with Crippen LogP contribution in [0.5, 0.6) is 5.75 Å². The second-order valence-corrected chi connectivity index (χ2v) is 7.91. The van der Waals surface area contributed by atoms with Crippen molar-refractivity contribution in [1.29, 1.82) is 0 Å². The number of hydrogen-bond acceptors (Lipinski definition) is 6. The summed E-state index contributed by atoms with van der Waals surface area (Å²) in [6, 6.07) is 15.8. The van der Waals surface area contributed by atoms with Crippen molar-refractivity contribution in [3.8, 4) is 5.75 Å². The second-order valence-electron chi connectivity index (χ2n) is 6.96. The first-order valence-electron chi connectivity index (χ1n) is 9.45. The lowest BCUT2D eigenvalue weighted by atomic mass is 9.82. The van der Waals surface area contributed by atoms with E-state index in [1.54, 1.807) is 41.8 Å². The number of alkyl halides is 2. The van der Waals surface area contributed by atoms with E-state index in [-0.39, 0.29) is 17.6 Å². The van der Waals surface area contributed by atoms with Crippen LogP contribution >= 0.6 is 11.3 Å². The number of nitrogens with two attached hydrogens (primary N) is 1. The van der Waals surface area contributed by atoms with Crippen molar-refractivity contribution >= 4 is 34.8 Å². The topological polar surface area (TPSA) is 97.0 Å². The first-order chi connectivity index (χ1) is 15.3. The fraction of sp³-hybridized carbons (Fsp3) is 0.136. The third-order valence-electron chi connectivity index (χ3n) is 5.02. The minimum atomic E-state index is -2.97. The lowest BCUT2D eigenvalue weighted by molar-refractivity contribution is -0.129. The van der Waals surface area contributed by atoms with E-state index < -0.39 is 18.1 Å². The molecule has 4 rings (SSSR count). The number of carbonyl (C=O) groups is 2. The molecule has 0 radical (unpaired) electrons. The predicted octanol–water partition coefficient (Wildman–Crippen LogP) is 3.63. The van der Waals surface area contributed by atoms with Crippen molar-refractivity contribution < 1.29 is 23.1 Å². The molecular formula is C22H18F2N4O3S. The summed E-state index contributed by atoms with van der Waals surface area (Å²) < 4.78 is 29.4. The van der Waals surface area contributed by atoms with Crippen LogP contribution in [-0.2, 0) is 10.3 Å². The van der Waals surface area contributed by atoms with Crippen LogP contribution in [0.4, 0.5) is 14.5 Å². The summed E-state index contributed by atoms with van der Waals surface area (Å²) in [5.41, 5.74) is 5.77. The van der Waals surface area contributed by atoms with Crippen molar-refractivity contribution in [2.45, 2.75) is 12.2 Å². The van der Waals surface area contributed by atoms with Gasteiger partial charge >= 0.3 is 6.61 Å². The quantitative estimate of drug-likeness (QED) is 0.592. The molecule has 3 aromatic rings. The zero-order valence-electron chi connectivity index (χ0n) is 16.8. The average molecular weight is 456 g/mol. The number of halogens is 2. The molecule has 2 heterocycles.